The molecular weight excluding hydrogens is 276 g/mol. The maximum atomic E-state index is 3.71. The highest BCUT2D eigenvalue weighted by Gasteiger charge is 2.34. The average Bonchev–Trinajstić information content (AvgIpc) is 2.85. The van der Waals surface area contributed by atoms with Crippen LogP contribution in [0.3, 0.4) is 0 Å². The van der Waals surface area contributed by atoms with Gasteiger partial charge < -0.3 is 10.3 Å². The lowest BCUT2D eigenvalue weighted by Gasteiger charge is -2.39. The van der Waals surface area contributed by atoms with Crippen molar-refractivity contribution in [1.29, 1.82) is 0 Å². The zero-order valence-electron chi connectivity index (χ0n) is 13.2. The fourth-order valence-corrected chi connectivity index (χ4v) is 5.12. The molecule has 114 valence electrons. The van der Waals surface area contributed by atoms with Gasteiger partial charge in [-0.05, 0) is 43.4 Å². The summed E-state index contributed by atoms with van der Waals surface area (Å²) in [6.07, 6.45) is 2.65. The van der Waals surface area contributed by atoms with Gasteiger partial charge in [0.1, 0.15) is 0 Å². The normalized spacial score (nSPS) is 29.9. The molecule has 21 heavy (non-hydrogen) atoms. The van der Waals surface area contributed by atoms with E-state index in [4.69, 9.17) is 0 Å². The van der Waals surface area contributed by atoms with E-state index < -0.39 is 0 Å². The second-order valence-electron chi connectivity index (χ2n) is 6.52. The molecule has 1 aromatic carbocycles. The van der Waals surface area contributed by atoms with Crippen molar-refractivity contribution < 1.29 is 0 Å². The third-order valence-corrected chi connectivity index (χ3v) is 6.16. The number of nitrogens with one attached hydrogen (secondary N) is 2. The summed E-state index contributed by atoms with van der Waals surface area (Å²) in [5.41, 5.74) is 1.25. The van der Waals surface area contributed by atoms with Crippen molar-refractivity contribution in [3.63, 3.8) is 0 Å². The van der Waals surface area contributed by atoms with E-state index in [9.17, 15) is 0 Å². The predicted octanol–water partition coefficient (Wildman–Crippen LogP) is 4.67. The molecule has 2 aromatic rings. The van der Waals surface area contributed by atoms with Gasteiger partial charge in [-0.2, -0.15) is 0 Å². The van der Waals surface area contributed by atoms with Crippen LogP contribution in [-0.4, -0.2) is 22.8 Å². The van der Waals surface area contributed by atoms with Gasteiger partial charge in [0.05, 0.1) is 5.03 Å². The van der Waals surface area contributed by atoms with E-state index in [-0.39, 0.29) is 0 Å². The summed E-state index contributed by atoms with van der Waals surface area (Å²) in [5, 5.41) is 7.00. The predicted molar refractivity (Wildman–Crippen MR) is 93.0 cm³/mol. The van der Waals surface area contributed by atoms with Crippen LogP contribution in [0.15, 0.2) is 35.4 Å². The van der Waals surface area contributed by atoms with E-state index >= 15 is 0 Å². The highest BCUT2D eigenvalue weighted by Crippen LogP contribution is 2.40. The molecule has 0 spiro atoms. The Kier molecular flexibility index (Phi) is 4.60. The molecule has 1 heterocycles. The molecule has 2 N–H and O–H groups in total. The third-order valence-electron chi connectivity index (χ3n) is 4.62. The Balaban J connectivity index is 1.80. The zero-order chi connectivity index (χ0) is 14.8. The molecule has 3 heteroatoms. The van der Waals surface area contributed by atoms with E-state index in [0.29, 0.717) is 11.3 Å². The lowest BCUT2D eigenvalue weighted by molar-refractivity contribution is 0.251. The van der Waals surface area contributed by atoms with Crippen LogP contribution in [0.25, 0.3) is 10.9 Å². The highest BCUT2D eigenvalue weighted by molar-refractivity contribution is 8.00. The van der Waals surface area contributed by atoms with Gasteiger partial charge in [0.15, 0.2) is 0 Å². The van der Waals surface area contributed by atoms with E-state index in [2.05, 4.69) is 61.4 Å². The minimum absolute atomic E-state index is 0.630. The number of aromatic amines is 1. The highest BCUT2D eigenvalue weighted by atomic mass is 32.2. The van der Waals surface area contributed by atoms with Crippen LogP contribution in [0.4, 0.5) is 0 Å². The van der Waals surface area contributed by atoms with Gasteiger partial charge in [-0.3, -0.25) is 0 Å². The molecule has 1 aliphatic carbocycles. The summed E-state index contributed by atoms with van der Waals surface area (Å²) >= 11 is 2.03. The topological polar surface area (TPSA) is 27.8 Å². The molecule has 0 amide bonds. The van der Waals surface area contributed by atoms with Gasteiger partial charge in [-0.25, -0.2) is 0 Å². The summed E-state index contributed by atoms with van der Waals surface area (Å²) in [4.78, 5) is 3.57. The Morgan fingerprint density at radius 2 is 2.05 bits per heavy atom. The SMILES string of the molecule is CCNC1CC(C)CC(C)C1Sc1cc2ccccc2[nH]1. The summed E-state index contributed by atoms with van der Waals surface area (Å²) < 4.78 is 0. The van der Waals surface area contributed by atoms with Crippen LogP contribution in [0.2, 0.25) is 0 Å². The largest absolute Gasteiger partial charge is 0.350 e. The average molecular weight is 302 g/mol. The molecular formula is C18H26N2S. The molecule has 1 aliphatic rings. The van der Waals surface area contributed by atoms with E-state index in [0.717, 1.165) is 18.4 Å². The third kappa shape index (κ3) is 3.29. The maximum Gasteiger partial charge on any atom is 0.0735 e. The Labute approximate surface area is 132 Å². The number of hydrogen-bond donors (Lipinski definition) is 2. The van der Waals surface area contributed by atoms with Gasteiger partial charge in [0.25, 0.3) is 0 Å². The van der Waals surface area contributed by atoms with E-state index in [1.165, 1.54) is 28.8 Å². The smallest absolute Gasteiger partial charge is 0.0735 e. The van der Waals surface area contributed by atoms with Crippen molar-refractivity contribution in [2.24, 2.45) is 11.8 Å². The number of rotatable bonds is 4. The van der Waals surface area contributed by atoms with Gasteiger partial charge >= 0.3 is 0 Å². The van der Waals surface area contributed by atoms with Crippen LogP contribution in [-0.2, 0) is 0 Å². The first-order chi connectivity index (χ1) is 10.2. The monoisotopic (exact) mass is 302 g/mol. The molecule has 1 fully saturated rings. The van der Waals surface area contributed by atoms with Gasteiger partial charge in [-0.15, -0.1) is 11.8 Å². The van der Waals surface area contributed by atoms with Crippen LogP contribution in [0.5, 0.6) is 0 Å². The number of aromatic nitrogens is 1. The number of H-pyrrole nitrogens is 1. The molecule has 2 nitrogen and oxygen atoms in total. The summed E-state index contributed by atoms with van der Waals surface area (Å²) in [6, 6.07) is 11.5. The lowest BCUT2D eigenvalue weighted by Crippen LogP contribution is -2.46. The van der Waals surface area contributed by atoms with E-state index in [1.807, 2.05) is 11.8 Å². The fourth-order valence-electron chi connectivity index (χ4n) is 3.75. The Bertz CT molecular complexity index is 559. The quantitative estimate of drug-likeness (QED) is 0.858. The summed E-state index contributed by atoms with van der Waals surface area (Å²) in [6.45, 7) is 8.09. The van der Waals surface area contributed by atoms with Gasteiger partial charge in [0.2, 0.25) is 0 Å². The first-order valence-electron chi connectivity index (χ1n) is 8.15. The second kappa shape index (κ2) is 6.45. The van der Waals surface area contributed by atoms with Gasteiger partial charge in [-0.1, -0.05) is 39.0 Å². The first kappa shape index (κ1) is 15.0. The molecule has 0 aliphatic heterocycles. The Morgan fingerprint density at radius 3 is 2.81 bits per heavy atom. The Hall–Kier alpha value is -0.930. The summed E-state index contributed by atoms with van der Waals surface area (Å²) in [5.74, 6) is 1.60. The molecule has 4 unspecified atom stereocenters. The zero-order valence-corrected chi connectivity index (χ0v) is 14.0. The molecule has 3 rings (SSSR count). The standard InChI is InChI=1S/C18H26N2S/c1-4-19-16-10-12(2)9-13(3)18(16)21-17-11-14-7-5-6-8-15(14)20-17/h5-8,11-13,16,18-20H,4,9-10H2,1-3H3. The van der Waals surface area contributed by atoms with Gasteiger partial charge in [0, 0.05) is 22.2 Å². The van der Waals surface area contributed by atoms with Crippen LogP contribution < -0.4 is 5.32 Å². The van der Waals surface area contributed by atoms with Crippen LogP contribution in [0.1, 0.15) is 33.6 Å². The van der Waals surface area contributed by atoms with Crippen molar-refractivity contribution >= 4 is 22.7 Å². The van der Waals surface area contributed by atoms with Crippen LogP contribution in [0, 0.1) is 11.8 Å². The van der Waals surface area contributed by atoms with Crippen molar-refractivity contribution in [3.05, 3.63) is 30.3 Å². The van der Waals surface area contributed by atoms with Crippen molar-refractivity contribution in [3.8, 4) is 0 Å². The van der Waals surface area contributed by atoms with Crippen molar-refractivity contribution in [1.82, 2.24) is 10.3 Å². The fraction of sp³-hybridized carbons (Fsp3) is 0.556. The molecule has 1 aromatic heterocycles. The van der Waals surface area contributed by atoms with E-state index in [1.54, 1.807) is 0 Å². The number of fused-ring (bicyclic) bond motifs is 1. The van der Waals surface area contributed by atoms with Crippen molar-refractivity contribution in [2.45, 2.75) is 49.9 Å². The first-order valence-corrected chi connectivity index (χ1v) is 9.03. The minimum atomic E-state index is 0.630. The van der Waals surface area contributed by atoms with Crippen LogP contribution >= 0.6 is 11.8 Å². The lowest BCUT2D eigenvalue weighted by atomic mass is 9.80. The maximum absolute atomic E-state index is 3.71. The molecule has 1 saturated carbocycles. The molecule has 0 bridgehead atoms. The number of para-hydroxylation sites is 1. The summed E-state index contributed by atoms with van der Waals surface area (Å²) in [7, 11) is 0. The number of hydrogen-bond acceptors (Lipinski definition) is 2. The molecule has 4 atom stereocenters. The molecule has 0 saturated heterocycles. The molecule has 0 radical (unpaired) electrons. The minimum Gasteiger partial charge on any atom is -0.350 e. The number of thioether (sulfide) groups is 1. The number of benzene rings is 1. The van der Waals surface area contributed by atoms with Crippen molar-refractivity contribution in [2.75, 3.05) is 6.54 Å². The second-order valence-corrected chi connectivity index (χ2v) is 7.74. The Morgan fingerprint density at radius 1 is 1.24 bits per heavy atom.